The lowest BCUT2D eigenvalue weighted by molar-refractivity contribution is 0.383. The van der Waals surface area contributed by atoms with Crippen molar-refractivity contribution in [2.24, 2.45) is 0 Å². The topological polar surface area (TPSA) is 77.3 Å². The van der Waals surface area contributed by atoms with E-state index in [1.54, 1.807) is 24.3 Å². The molecule has 1 aliphatic rings. The molecule has 3 rings (SSSR count). The van der Waals surface area contributed by atoms with Gasteiger partial charge in [0.2, 0.25) is 16.0 Å². The van der Waals surface area contributed by atoms with E-state index in [1.165, 1.54) is 22.5 Å². The first-order valence-corrected chi connectivity index (χ1v) is 8.83. The number of nitrogens with zero attached hydrogens (tertiary/aromatic N) is 4. The first-order chi connectivity index (χ1) is 11.5. The zero-order valence-corrected chi connectivity index (χ0v) is 13.6. The molecule has 8 heteroatoms. The number of benzene rings is 1. The summed E-state index contributed by atoms with van der Waals surface area (Å²) in [6.07, 6.45) is 0. The first kappa shape index (κ1) is 16.4. The van der Waals surface area contributed by atoms with Crippen molar-refractivity contribution in [3.8, 4) is 6.07 Å². The Morgan fingerprint density at radius 3 is 2.42 bits per heavy atom. The maximum Gasteiger partial charge on any atom is 0.244 e. The second-order valence-electron chi connectivity index (χ2n) is 5.32. The van der Waals surface area contributed by atoms with Crippen LogP contribution in [0.4, 0.5) is 10.2 Å². The lowest BCUT2D eigenvalue weighted by atomic mass is 10.2. The molecule has 1 aliphatic heterocycles. The van der Waals surface area contributed by atoms with Gasteiger partial charge in [0, 0.05) is 26.2 Å². The van der Waals surface area contributed by atoms with E-state index in [9.17, 15) is 12.8 Å². The van der Waals surface area contributed by atoms with Gasteiger partial charge in [-0.25, -0.2) is 13.4 Å². The van der Waals surface area contributed by atoms with Crippen LogP contribution in [-0.4, -0.2) is 43.9 Å². The molecule has 24 heavy (non-hydrogen) atoms. The summed E-state index contributed by atoms with van der Waals surface area (Å²) in [5.74, 6) is -0.0741. The van der Waals surface area contributed by atoms with Crippen LogP contribution in [0, 0.1) is 17.3 Å². The number of halogens is 1. The molecule has 0 atom stereocenters. The van der Waals surface area contributed by atoms with Crippen molar-refractivity contribution >= 4 is 15.8 Å². The predicted octanol–water partition coefficient (Wildman–Crippen LogP) is 1.60. The second-order valence-corrected chi connectivity index (χ2v) is 7.22. The van der Waals surface area contributed by atoms with Crippen LogP contribution >= 0.6 is 0 Å². The van der Waals surface area contributed by atoms with Crippen molar-refractivity contribution in [3.63, 3.8) is 0 Å². The van der Waals surface area contributed by atoms with Gasteiger partial charge < -0.3 is 4.90 Å². The maximum absolute atomic E-state index is 13.2. The summed E-state index contributed by atoms with van der Waals surface area (Å²) >= 11 is 0. The molecule has 6 nitrogen and oxygen atoms in total. The number of anilines is 1. The molecular weight excluding hydrogens is 331 g/mol. The Bertz CT molecular complexity index is 887. The highest BCUT2D eigenvalue weighted by atomic mass is 32.2. The minimum atomic E-state index is -3.73. The van der Waals surface area contributed by atoms with Crippen molar-refractivity contribution in [2.75, 3.05) is 31.1 Å². The van der Waals surface area contributed by atoms with E-state index in [-0.39, 0.29) is 23.5 Å². The molecule has 0 saturated carbocycles. The Kier molecular flexibility index (Phi) is 4.46. The van der Waals surface area contributed by atoms with Gasteiger partial charge in [0.15, 0.2) is 0 Å². The standard InChI is InChI=1S/C16H15FN4O2S/c17-15-6-3-7-16(19-15)20-8-10-21(11-9-20)24(22,23)14-5-2-1-4-13(14)12-18/h1-7H,8-11H2. The van der Waals surface area contributed by atoms with Crippen molar-refractivity contribution in [2.45, 2.75) is 4.90 Å². The minimum absolute atomic E-state index is 0.0184. The van der Waals surface area contributed by atoms with E-state index in [0.717, 1.165) is 0 Å². The van der Waals surface area contributed by atoms with Crippen molar-refractivity contribution < 1.29 is 12.8 Å². The van der Waals surface area contributed by atoms with Gasteiger partial charge in [0.1, 0.15) is 11.9 Å². The third kappa shape index (κ3) is 3.09. The first-order valence-electron chi connectivity index (χ1n) is 7.39. The van der Waals surface area contributed by atoms with E-state index in [1.807, 2.05) is 11.0 Å². The van der Waals surface area contributed by atoms with Gasteiger partial charge in [-0.05, 0) is 24.3 Å². The highest BCUT2D eigenvalue weighted by molar-refractivity contribution is 7.89. The van der Waals surface area contributed by atoms with Gasteiger partial charge in [0.05, 0.1) is 10.5 Å². The minimum Gasteiger partial charge on any atom is -0.354 e. The number of aromatic nitrogens is 1. The van der Waals surface area contributed by atoms with Crippen LogP contribution in [0.25, 0.3) is 0 Å². The fraction of sp³-hybridized carbons (Fsp3) is 0.250. The quantitative estimate of drug-likeness (QED) is 0.789. The van der Waals surface area contributed by atoms with Crippen LogP contribution in [0.2, 0.25) is 0 Å². The molecule has 0 unspecified atom stereocenters. The largest absolute Gasteiger partial charge is 0.354 e. The summed E-state index contributed by atoms with van der Waals surface area (Å²) in [6.45, 7) is 1.31. The Morgan fingerprint density at radius 2 is 1.75 bits per heavy atom. The van der Waals surface area contributed by atoms with Gasteiger partial charge in [-0.1, -0.05) is 18.2 Å². The third-order valence-electron chi connectivity index (χ3n) is 3.89. The van der Waals surface area contributed by atoms with Crippen molar-refractivity contribution in [1.29, 1.82) is 5.26 Å². The SMILES string of the molecule is N#Cc1ccccc1S(=O)(=O)N1CCN(c2cccc(F)n2)CC1. The average Bonchev–Trinajstić information content (AvgIpc) is 2.62. The molecule has 1 aromatic heterocycles. The molecule has 1 fully saturated rings. The number of pyridine rings is 1. The lowest BCUT2D eigenvalue weighted by Gasteiger charge is -2.34. The summed E-state index contributed by atoms with van der Waals surface area (Å²) in [5, 5.41) is 9.11. The van der Waals surface area contributed by atoms with E-state index >= 15 is 0 Å². The fourth-order valence-electron chi connectivity index (χ4n) is 2.65. The molecule has 1 aromatic carbocycles. The molecular formula is C16H15FN4O2S. The second kappa shape index (κ2) is 6.55. The lowest BCUT2D eigenvalue weighted by Crippen LogP contribution is -2.49. The Morgan fingerprint density at radius 1 is 1.04 bits per heavy atom. The molecule has 0 radical (unpaired) electrons. The van der Waals surface area contributed by atoms with E-state index in [4.69, 9.17) is 5.26 Å². The highest BCUT2D eigenvalue weighted by Gasteiger charge is 2.30. The Labute approximate surface area is 139 Å². The monoisotopic (exact) mass is 346 g/mol. The van der Waals surface area contributed by atoms with E-state index < -0.39 is 16.0 Å². The summed E-state index contributed by atoms with van der Waals surface area (Å²) in [4.78, 5) is 5.67. The zero-order valence-electron chi connectivity index (χ0n) is 12.8. The Balaban J connectivity index is 1.78. The predicted molar refractivity (Wildman–Crippen MR) is 86.3 cm³/mol. The molecule has 0 spiro atoms. The molecule has 124 valence electrons. The number of hydrogen-bond donors (Lipinski definition) is 0. The van der Waals surface area contributed by atoms with Crippen LogP contribution < -0.4 is 4.90 Å². The van der Waals surface area contributed by atoms with Gasteiger partial charge in [0.25, 0.3) is 0 Å². The van der Waals surface area contributed by atoms with Crippen molar-refractivity contribution in [1.82, 2.24) is 9.29 Å². The number of piperazine rings is 1. The van der Waals surface area contributed by atoms with Crippen molar-refractivity contribution in [3.05, 3.63) is 54.0 Å². The number of nitriles is 1. The summed E-state index contributed by atoms with van der Waals surface area (Å²) < 4.78 is 40.1. The smallest absolute Gasteiger partial charge is 0.244 e. The molecule has 0 bridgehead atoms. The molecule has 0 amide bonds. The summed E-state index contributed by atoms with van der Waals surface area (Å²) in [6, 6.07) is 12.6. The molecule has 1 saturated heterocycles. The van der Waals surface area contributed by atoms with Crippen LogP contribution in [0.1, 0.15) is 5.56 Å². The van der Waals surface area contributed by atoms with Gasteiger partial charge in [-0.15, -0.1) is 0 Å². The maximum atomic E-state index is 13.2. The molecule has 2 aromatic rings. The van der Waals surface area contributed by atoms with Crippen LogP contribution in [0.3, 0.4) is 0 Å². The third-order valence-corrected chi connectivity index (χ3v) is 5.85. The van der Waals surface area contributed by atoms with Crippen LogP contribution in [0.5, 0.6) is 0 Å². The summed E-state index contributed by atoms with van der Waals surface area (Å²) in [5.41, 5.74) is 0.131. The van der Waals surface area contributed by atoms with Crippen LogP contribution in [0.15, 0.2) is 47.4 Å². The number of hydrogen-bond acceptors (Lipinski definition) is 5. The average molecular weight is 346 g/mol. The number of rotatable bonds is 3. The zero-order chi connectivity index (χ0) is 17.2. The fourth-order valence-corrected chi connectivity index (χ4v) is 4.22. The van der Waals surface area contributed by atoms with Gasteiger partial charge in [-0.3, -0.25) is 0 Å². The van der Waals surface area contributed by atoms with Gasteiger partial charge in [-0.2, -0.15) is 14.0 Å². The van der Waals surface area contributed by atoms with Crippen LogP contribution in [-0.2, 0) is 10.0 Å². The van der Waals surface area contributed by atoms with Gasteiger partial charge >= 0.3 is 0 Å². The normalized spacial score (nSPS) is 15.9. The highest BCUT2D eigenvalue weighted by Crippen LogP contribution is 2.22. The Hall–Kier alpha value is -2.50. The molecule has 0 aliphatic carbocycles. The molecule has 0 N–H and O–H groups in total. The van der Waals surface area contributed by atoms with E-state index in [0.29, 0.717) is 18.9 Å². The molecule has 2 heterocycles. The summed E-state index contributed by atoms with van der Waals surface area (Å²) in [7, 11) is -3.73. The number of sulfonamides is 1. The van der Waals surface area contributed by atoms with E-state index in [2.05, 4.69) is 4.98 Å².